The standard InChI is InChI=1S/C19H21N5O3/c1-22(14-4-6-17(20-12-14)24-7-9-27-10-8-24)18(25)13-3-5-15-16(11-13)23(2)19(26)21-15/h3-6,11-12H,7-10H2,1-2H3,(H,21,26). The minimum atomic E-state index is -0.203. The van der Waals surface area contributed by atoms with Crippen molar-refractivity contribution < 1.29 is 9.53 Å². The van der Waals surface area contributed by atoms with Crippen LogP contribution in [-0.4, -0.2) is 53.8 Å². The summed E-state index contributed by atoms with van der Waals surface area (Å²) in [7, 11) is 3.39. The number of pyridine rings is 1. The highest BCUT2D eigenvalue weighted by Gasteiger charge is 2.17. The maximum atomic E-state index is 12.9. The van der Waals surface area contributed by atoms with Gasteiger partial charge in [-0.2, -0.15) is 0 Å². The number of hydrogen-bond donors (Lipinski definition) is 1. The van der Waals surface area contributed by atoms with Crippen LogP contribution in [0.4, 0.5) is 11.5 Å². The summed E-state index contributed by atoms with van der Waals surface area (Å²) in [6.07, 6.45) is 1.70. The van der Waals surface area contributed by atoms with Crippen LogP contribution in [0.2, 0.25) is 0 Å². The van der Waals surface area contributed by atoms with E-state index < -0.39 is 0 Å². The van der Waals surface area contributed by atoms with E-state index in [9.17, 15) is 9.59 Å². The number of aromatic nitrogens is 3. The van der Waals surface area contributed by atoms with Crippen molar-refractivity contribution in [1.29, 1.82) is 0 Å². The van der Waals surface area contributed by atoms with E-state index in [0.29, 0.717) is 35.5 Å². The summed E-state index contributed by atoms with van der Waals surface area (Å²) in [5, 5.41) is 0. The van der Waals surface area contributed by atoms with Gasteiger partial charge in [-0.1, -0.05) is 0 Å². The normalized spacial score (nSPS) is 14.5. The van der Waals surface area contributed by atoms with E-state index in [-0.39, 0.29) is 11.6 Å². The molecule has 0 bridgehead atoms. The van der Waals surface area contributed by atoms with E-state index in [1.807, 2.05) is 12.1 Å². The molecule has 1 aromatic carbocycles. The molecule has 0 saturated carbocycles. The summed E-state index contributed by atoms with van der Waals surface area (Å²) in [5.41, 5.74) is 2.42. The SMILES string of the molecule is CN(C(=O)c1ccc2[nH]c(=O)n(C)c2c1)c1ccc(N2CCOCC2)nc1. The van der Waals surface area contributed by atoms with Crippen molar-refractivity contribution in [3.05, 3.63) is 52.6 Å². The van der Waals surface area contributed by atoms with Crippen molar-refractivity contribution >= 4 is 28.4 Å². The molecule has 0 unspecified atom stereocenters. The average Bonchev–Trinajstić information content (AvgIpc) is 3.01. The summed E-state index contributed by atoms with van der Waals surface area (Å²) in [6.45, 7) is 3.03. The molecule has 0 spiro atoms. The molecule has 2 aromatic heterocycles. The Kier molecular flexibility index (Phi) is 4.41. The third-order valence-corrected chi connectivity index (χ3v) is 4.91. The van der Waals surface area contributed by atoms with Crippen LogP contribution in [0.25, 0.3) is 11.0 Å². The van der Waals surface area contributed by atoms with Crippen molar-refractivity contribution in [3.63, 3.8) is 0 Å². The third kappa shape index (κ3) is 3.19. The van der Waals surface area contributed by atoms with E-state index in [1.165, 1.54) is 4.57 Å². The highest BCUT2D eigenvalue weighted by molar-refractivity contribution is 6.07. The highest BCUT2D eigenvalue weighted by Crippen LogP contribution is 2.20. The Labute approximate surface area is 156 Å². The summed E-state index contributed by atoms with van der Waals surface area (Å²) >= 11 is 0. The van der Waals surface area contributed by atoms with Crippen LogP contribution >= 0.6 is 0 Å². The van der Waals surface area contributed by atoms with Gasteiger partial charge in [0.05, 0.1) is 36.1 Å². The molecule has 1 fully saturated rings. The van der Waals surface area contributed by atoms with Crippen LogP contribution in [0.15, 0.2) is 41.3 Å². The van der Waals surface area contributed by atoms with Crippen LogP contribution in [-0.2, 0) is 11.8 Å². The lowest BCUT2D eigenvalue weighted by Gasteiger charge is -2.28. The molecule has 3 aromatic rings. The molecule has 8 nitrogen and oxygen atoms in total. The molecule has 1 N–H and O–H groups in total. The summed E-state index contributed by atoms with van der Waals surface area (Å²) < 4.78 is 6.85. The fourth-order valence-electron chi connectivity index (χ4n) is 3.22. The number of H-pyrrole nitrogens is 1. The predicted octanol–water partition coefficient (Wildman–Crippen LogP) is 1.37. The minimum Gasteiger partial charge on any atom is -0.378 e. The lowest BCUT2D eigenvalue weighted by molar-refractivity contribution is 0.0993. The first-order valence-corrected chi connectivity index (χ1v) is 8.80. The van der Waals surface area contributed by atoms with E-state index in [2.05, 4.69) is 14.9 Å². The average molecular weight is 367 g/mol. The molecule has 0 aliphatic carbocycles. The molecule has 8 heteroatoms. The number of carbonyl (C=O) groups is 1. The molecule has 1 aliphatic heterocycles. The van der Waals surface area contributed by atoms with Gasteiger partial charge in [0.2, 0.25) is 0 Å². The second-order valence-corrected chi connectivity index (χ2v) is 6.56. The zero-order chi connectivity index (χ0) is 19.0. The van der Waals surface area contributed by atoms with Crippen molar-refractivity contribution in [1.82, 2.24) is 14.5 Å². The van der Waals surface area contributed by atoms with Crippen molar-refractivity contribution in [2.45, 2.75) is 0 Å². The van der Waals surface area contributed by atoms with Crippen LogP contribution in [0.3, 0.4) is 0 Å². The van der Waals surface area contributed by atoms with Crippen LogP contribution in [0.1, 0.15) is 10.4 Å². The van der Waals surface area contributed by atoms with E-state index in [1.54, 1.807) is 43.4 Å². The lowest BCUT2D eigenvalue weighted by Crippen LogP contribution is -2.36. The monoisotopic (exact) mass is 367 g/mol. The zero-order valence-corrected chi connectivity index (χ0v) is 15.3. The first-order chi connectivity index (χ1) is 13.0. The van der Waals surface area contributed by atoms with Crippen LogP contribution in [0, 0.1) is 0 Å². The minimum absolute atomic E-state index is 0.161. The van der Waals surface area contributed by atoms with Crippen molar-refractivity contribution in [2.75, 3.05) is 43.2 Å². The number of nitrogens with zero attached hydrogens (tertiary/aromatic N) is 4. The smallest absolute Gasteiger partial charge is 0.326 e. The van der Waals surface area contributed by atoms with Gasteiger partial charge < -0.3 is 19.5 Å². The van der Waals surface area contributed by atoms with Gasteiger partial charge in [-0.15, -0.1) is 0 Å². The Morgan fingerprint density at radius 1 is 1.22 bits per heavy atom. The van der Waals surface area contributed by atoms with Gasteiger partial charge in [-0.3, -0.25) is 9.36 Å². The number of imidazole rings is 1. The predicted molar refractivity (Wildman–Crippen MR) is 104 cm³/mol. The quantitative estimate of drug-likeness (QED) is 0.756. The van der Waals surface area contributed by atoms with Gasteiger partial charge in [-0.25, -0.2) is 9.78 Å². The summed E-state index contributed by atoms with van der Waals surface area (Å²) in [6, 6.07) is 9.00. The number of carbonyl (C=O) groups excluding carboxylic acids is 1. The number of fused-ring (bicyclic) bond motifs is 1. The largest absolute Gasteiger partial charge is 0.378 e. The number of ether oxygens (including phenoxy) is 1. The first kappa shape index (κ1) is 17.3. The Morgan fingerprint density at radius 3 is 2.70 bits per heavy atom. The fraction of sp³-hybridized carbons (Fsp3) is 0.316. The molecule has 0 radical (unpaired) electrons. The second kappa shape index (κ2) is 6.88. The van der Waals surface area contributed by atoms with Gasteiger partial charge in [0, 0.05) is 32.7 Å². The summed E-state index contributed by atoms with van der Waals surface area (Å²) in [5.74, 6) is 0.720. The molecule has 1 aliphatic rings. The number of aromatic amines is 1. The number of aryl methyl sites for hydroxylation is 1. The van der Waals surface area contributed by atoms with E-state index >= 15 is 0 Å². The number of hydrogen-bond acceptors (Lipinski definition) is 5. The third-order valence-electron chi connectivity index (χ3n) is 4.91. The fourth-order valence-corrected chi connectivity index (χ4v) is 3.22. The van der Waals surface area contributed by atoms with Gasteiger partial charge in [-0.05, 0) is 30.3 Å². The van der Waals surface area contributed by atoms with Crippen LogP contribution < -0.4 is 15.5 Å². The van der Waals surface area contributed by atoms with Gasteiger partial charge in [0.15, 0.2) is 0 Å². The number of rotatable bonds is 3. The van der Waals surface area contributed by atoms with Crippen molar-refractivity contribution in [2.24, 2.45) is 7.05 Å². The van der Waals surface area contributed by atoms with E-state index in [0.717, 1.165) is 18.9 Å². The number of nitrogens with one attached hydrogen (secondary N) is 1. The number of benzene rings is 1. The second-order valence-electron chi connectivity index (χ2n) is 6.56. The van der Waals surface area contributed by atoms with Crippen molar-refractivity contribution in [3.8, 4) is 0 Å². The number of morpholine rings is 1. The number of amides is 1. The van der Waals surface area contributed by atoms with Crippen LogP contribution in [0.5, 0.6) is 0 Å². The topological polar surface area (TPSA) is 83.5 Å². The first-order valence-electron chi connectivity index (χ1n) is 8.80. The Bertz CT molecular complexity index is 1030. The highest BCUT2D eigenvalue weighted by atomic mass is 16.5. The molecule has 1 amide bonds. The molecular formula is C19H21N5O3. The van der Waals surface area contributed by atoms with Gasteiger partial charge >= 0.3 is 5.69 Å². The molecule has 0 atom stereocenters. The molecule has 1 saturated heterocycles. The molecule has 3 heterocycles. The van der Waals surface area contributed by atoms with Gasteiger partial charge in [0.25, 0.3) is 5.91 Å². The molecule has 4 rings (SSSR count). The molecule has 27 heavy (non-hydrogen) atoms. The van der Waals surface area contributed by atoms with E-state index in [4.69, 9.17) is 4.74 Å². The Balaban J connectivity index is 1.56. The molecular weight excluding hydrogens is 346 g/mol. The maximum absolute atomic E-state index is 12.9. The Hall–Kier alpha value is -3.13. The summed E-state index contributed by atoms with van der Waals surface area (Å²) in [4.78, 5) is 35.6. The Morgan fingerprint density at radius 2 is 2.00 bits per heavy atom. The molecule has 140 valence electrons. The lowest BCUT2D eigenvalue weighted by atomic mass is 10.1. The number of anilines is 2. The maximum Gasteiger partial charge on any atom is 0.326 e. The zero-order valence-electron chi connectivity index (χ0n) is 15.3. The van der Waals surface area contributed by atoms with Gasteiger partial charge in [0.1, 0.15) is 5.82 Å².